The number of hydrogen-bond donors (Lipinski definition) is 0. The van der Waals surface area contributed by atoms with Crippen molar-refractivity contribution in [3.63, 3.8) is 0 Å². The van der Waals surface area contributed by atoms with Crippen molar-refractivity contribution in [3.05, 3.63) is 12.7 Å². The van der Waals surface area contributed by atoms with Crippen molar-refractivity contribution in [2.75, 3.05) is 6.61 Å². The molecule has 0 radical (unpaired) electrons. The molecule has 0 heterocycles. The summed E-state index contributed by atoms with van der Waals surface area (Å²) in [5, 5.41) is 0. The monoisotopic (exact) mass is 282 g/mol. The van der Waals surface area contributed by atoms with E-state index in [9.17, 15) is 35.5 Å². The van der Waals surface area contributed by atoms with Crippen LogP contribution in [-0.4, -0.2) is 30.6 Å². The first-order chi connectivity index (χ1) is 7.95. The largest absolute Gasteiger partial charge is 0.463 e. The molecule has 0 amide bonds. The maximum absolute atomic E-state index is 13.0. The molecule has 0 rings (SSSR count). The van der Waals surface area contributed by atoms with Crippen molar-refractivity contribution in [1.82, 2.24) is 0 Å². The summed E-state index contributed by atoms with van der Waals surface area (Å²) in [6.45, 7) is 2.20. The Morgan fingerprint density at radius 3 is 1.83 bits per heavy atom. The summed E-state index contributed by atoms with van der Waals surface area (Å²) in [5.74, 6) is -1.02. The minimum atomic E-state index is -6.08. The minimum absolute atomic E-state index is 0.677. The number of ether oxygens (including phenoxy) is 1. The predicted molar refractivity (Wildman–Crippen MR) is 46.3 cm³/mol. The molecule has 0 N–H and O–H groups in total. The number of rotatable bonds is 5. The van der Waals surface area contributed by atoms with E-state index in [1.165, 1.54) is 0 Å². The maximum atomic E-state index is 13.0. The third-order valence-electron chi connectivity index (χ3n) is 1.98. The van der Waals surface area contributed by atoms with Crippen LogP contribution >= 0.6 is 0 Å². The first kappa shape index (κ1) is 16.7. The minimum Gasteiger partial charge on any atom is -0.463 e. The van der Waals surface area contributed by atoms with E-state index in [1.54, 1.807) is 0 Å². The van der Waals surface area contributed by atoms with Crippen LogP contribution in [0.5, 0.6) is 0 Å². The van der Waals surface area contributed by atoms with Gasteiger partial charge in [-0.25, -0.2) is 9.18 Å². The van der Waals surface area contributed by atoms with E-state index in [1.807, 2.05) is 0 Å². The molecule has 106 valence electrons. The van der Waals surface area contributed by atoms with Crippen molar-refractivity contribution < 1.29 is 40.3 Å². The highest BCUT2D eigenvalue weighted by Gasteiger charge is 2.71. The van der Waals surface area contributed by atoms with Gasteiger partial charge in [0.2, 0.25) is 0 Å². The lowest BCUT2D eigenvalue weighted by molar-refractivity contribution is -0.343. The number of hydrogen-bond acceptors (Lipinski definition) is 2. The topological polar surface area (TPSA) is 26.3 Å². The van der Waals surface area contributed by atoms with Gasteiger partial charge in [0.25, 0.3) is 5.67 Å². The van der Waals surface area contributed by atoms with Crippen LogP contribution in [0.15, 0.2) is 12.7 Å². The highest BCUT2D eigenvalue weighted by molar-refractivity contribution is 5.81. The molecule has 0 saturated carbocycles. The van der Waals surface area contributed by atoms with Crippen LogP contribution in [0.1, 0.15) is 12.8 Å². The SMILES string of the molecule is C=CC(=O)OCCCC(F)(C(F)(F)F)C(F)(F)F. The lowest BCUT2D eigenvalue weighted by Gasteiger charge is -2.29. The Kier molecular flexibility index (Phi) is 5.18. The first-order valence-corrected chi connectivity index (χ1v) is 4.57. The molecule has 18 heavy (non-hydrogen) atoms. The second-order valence-electron chi connectivity index (χ2n) is 3.27. The van der Waals surface area contributed by atoms with Crippen LogP contribution in [0.3, 0.4) is 0 Å². The highest BCUT2D eigenvalue weighted by atomic mass is 19.4. The lowest BCUT2D eigenvalue weighted by atomic mass is 9.98. The van der Waals surface area contributed by atoms with Gasteiger partial charge in [0.15, 0.2) is 0 Å². The second kappa shape index (κ2) is 5.57. The summed E-state index contributed by atoms with van der Waals surface area (Å²) >= 11 is 0. The van der Waals surface area contributed by atoms with Gasteiger partial charge in [-0.1, -0.05) is 6.58 Å². The molecule has 0 saturated heterocycles. The summed E-state index contributed by atoms with van der Waals surface area (Å²) in [6.07, 6.45) is -14.3. The van der Waals surface area contributed by atoms with E-state index < -0.39 is 43.4 Å². The zero-order valence-electron chi connectivity index (χ0n) is 8.87. The van der Waals surface area contributed by atoms with Crippen molar-refractivity contribution >= 4 is 5.97 Å². The molecule has 9 heteroatoms. The zero-order valence-corrected chi connectivity index (χ0v) is 8.87. The molecular weight excluding hydrogens is 273 g/mol. The molecular formula is C9H9F7O2. The van der Waals surface area contributed by atoms with E-state index in [2.05, 4.69) is 11.3 Å². The third-order valence-corrected chi connectivity index (χ3v) is 1.98. The predicted octanol–water partition coefficient (Wildman–Crippen LogP) is 3.33. The second-order valence-corrected chi connectivity index (χ2v) is 3.27. The van der Waals surface area contributed by atoms with Crippen LogP contribution in [0.25, 0.3) is 0 Å². The van der Waals surface area contributed by atoms with E-state index in [0.29, 0.717) is 6.08 Å². The van der Waals surface area contributed by atoms with Gasteiger partial charge in [-0.2, -0.15) is 26.3 Å². The fourth-order valence-electron chi connectivity index (χ4n) is 0.992. The molecule has 0 fully saturated rings. The summed E-state index contributed by atoms with van der Waals surface area (Å²) in [7, 11) is 0. The first-order valence-electron chi connectivity index (χ1n) is 4.57. The van der Waals surface area contributed by atoms with Crippen LogP contribution in [0.4, 0.5) is 30.7 Å². The van der Waals surface area contributed by atoms with Gasteiger partial charge in [0, 0.05) is 12.5 Å². The lowest BCUT2D eigenvalue weighted by Crippen LogP contribution is -2.53. The molecule has 0 spiro atoms. The molecule has 0 unspecified atom stereocenters. The fraction of sp³-hybridized carbons (Fsp3) is 0.667. The molecule has 0 atom stereocenters. The third kappa shape index (κ3) is 3.88. The molecule has 0 bridgehead atoms. The number of esters is 1. The summed E-state index contributed by atoms with van der Waals surface area (Å²) in [4.78, 5) is 10.5. The Bertz CT molecular complexity index is 291. The molecule has 2 nitrogen and oxygen atoms in total. The Morgan fingerprint density at radius 2 is 1.50 bits per heavy atom. The van der Waals surface area contributed by atoms with Crippen molar-refractivity contribution in [2.45, 2.75) is 30.9 Å². The van der Waals surface area contributed by atoms with Gasteiger partial charge in [0.1, 0.15) is 0 Å². The summed E-state index contributed by atoms with van der Waals surface area (Å²) in [5.41, 5.74) is -5.30. The van der Waals surface area contributed by atoms with Gasteiger partial charge in [-0.05, 0) is 6.42 Å². The average Bonchev–Trinajstić information content (AvgIpc) is 2.20. The van der Waals surface area contributed by atoms with Crippen LogP contribution < -0.4 is 0 Å². The smallest absolute Gasteiger partial charge is 0.431 e. The van der Waals surface area contributed by atoms with Gasteiger partial charge in [0.05, 0.1) is 6.61 Å². The molecule has 0 aromatic heterocycles. The quantitative estimate of drug-likeness (QED) is 0.334. The molecule has 0 aromatic rings. The fourth-order valence-corrected chi connectivity index (χ4v) is 0.992. The van der Waals surface area contributed by atoms with Crippen LogP contribution in [-0.2, 0) is 9.53 Å². The van der Waals surface area contributed by atoms with Gasteiger partial charge >= 0.3 is 18.3 Å². The molecule has 0 aliphatic carbocycles. The van der Waals surface area contributed by atoms with Crippen molar-refractivity contribution in [2.24, 2.45) is 0 Å². The van der Waals surface area contributed by atoms with Gasteiger partial charge in [-0.15, -0.1) is 0 Å². The Labute approximate surface area is 97.4 Å². The Hall–Kier alpha value is -1.28. The highest BCUT2D eigenvalue weighted by Crippen LogP contribution is 2.48. The van der Waals surface area contributed by atoms with Gasteiger partial charge in [-0.3, -0.25) is 0 Å². The zero-order chi connectivity index (χ0) is 14.6. The van der Waals surface area contributed by atoms with Crippen molar-refractivity contribution in [1.29, 1.82) is 0 Å². The summed E-state index contributed by atoms with van der Waals surface area (Å²) < 4.78 is 89.4. The normalized spacial score (nSPS) is 13.3. The van der Waals surface area contributed by atoms with E-state index in [4.69, 9.17) is 0 Å². The van der Waals surface area contributed by atoms with Crippen LogP contribution in [0.2, 0.25) is 0 Å². The molecule has 0 aliphatic rings. The van der Waals surface area contributed by atoms with Crippen LogP contribution in [0, 0.1) is 0 Å². The van der Waals surface area contributed by atoms with E-state index in [-0.39, 0.29) is 0 Å². The van der Waals surface area contributed by atoms with E-state index in [0.717, 1.165) is 0 Å². The summed E-state index contributed by atoms with van der Waals surface area (Å²) in [6, 6.07) is 0. The standard InChI is InChI=1S/C9H9F7O2/c1-2-6(17)18-5-3-4-7(10,8(11,12)13)9(14,15)16/h2H,1,3-5H2. The average molecular weight is 282 g/mol. The Morgan fingerprint density at radius 1 is 1.06 bits per heavy atom. The number of alkyl halides is 7. The number of carbonyl (C=O) groups is 1. The van der Waals surface area contributed by atoms with Gasteiger partial charge < -0.3 is 4.74 Å². The molecule has 0 aromatic carbocycles. The Balaban J connectivity index is 4.57. The molecule has 0 aliphatic heterocycles. The number of carbonyl (C=O) groups excluding carboxylic acids is 1. The van der Waals surface area contributed by atoms with E-state index >= 15 is 0 Å². The van der Waals surface area contributed by atoms with Crippen molar-refractivity contribution in [3.8, 4) is 0 Å². The maximum Gasteiger partial charge on any atom is 0.431 e. The number of halogens is 7.